The molecule has 0 aliphatic carbocycles. The lowest BCUT2D eigenvalue weighted by Crippen LogP contribution is -2.30. The van der Waals surface area contributed by atoms with Crippen LogP contribution in [0.15, 0.2) is 60.8 Å². The Balaban J connectivity index is 4.24. The van der Waals surface area contributed by atoms with E-state index < -0.39 is 6.10 Å². The first-order valence-corrected chi connectivity index (χ1v) is 26.8. The van der Waals surface area contributed by atoms with E-state index in [4.69, 9.17) is 14.2 Å². The molecule has 0 N–H and O–H groups in total. The number of hydrogen-bond acceptors (Lipinski definition) is 5. The Morgan fingerprint density at radius 2 is 0.677 bits per heavy atom. The number of unbranched alkanes of at least 4 members (excludes halogenated alkanes) is 28. The summed E-state index contributed by atoms with van der Waals surface area (Å²) in [5, 5.41) is 0. The minimum Gasteiger partial charge on any atom is -0.462 e. The summed E-state index contributed by atoms with van der Waals surface area (Å²) >= 11 is 0. The highest BCUT2D eigenvalue weighted by Crippen LogP contribution is 2.14. The van der Waals surface area contributed by atoms with Gasteiger partial charge in [-0.15, -0.1) is 0 Å². The van der Waals surface area contributed by atoms with Crippen molar-refractivity contribution in [2.24, 2.45) is 0 Å². The second-order valence-corrected chi connectivity index (χ2v) is 17.8. The van der Waals surface area contributed by atoms with Crippen molar-refractivity contribution in [3.05, 3.63) is 60.8 Å². The second-order valence-electron chi connectivity index (χ2n) is 17.8. The predicted molar refractivity (Wildman–Crippen MR) is 270 cm³/mol. The Morgan fingerprint density at radius 1 is 0.355 bits per heavy atom. The van der Waals surface area contributed by atoms with E-state index in [2.05, 4.69) is 81.5 Å². The van der Waals surface area contributed by atoms with Crippen molar-refractivity contribution in [1.29, 1.82) is 0 Å². The first-order valence-electron chi connectivity index (χ1n) is 26.8. The third kappa shape index (κ3) is 50.2. The normalized spacial score (nSPS) is 12.6. The first-order chi connectivity index (χ1) is 30.6. The minimum atomic E-state index is -0.544. The largest absolute Gasteiger partial charge is 0.462 e. The summed E-state index contributed by atoms with van der Waals surface area (Å²) in [4.78, 5) is 25.4. The van der Waals surface area contributed by atoms with Crippen molar-refractivity contribution in [2.75, 3.05) is 19.8 Å². The Bertz CT molecular complexity index is 1070. The molecule has 0 spiro atoms. The van der Waals surface area contributed by atoms with Gasteiger partial charge in [0.2, 0.25) is 0 Å². The molecule has 360 valence electrons. The van der Waals surface area contributed by atoms with Gasteiger partial charge in [-0.25, -0.2) is 0 Å². The fourth-order valence-electron chi connectivity index (χ4n) is 7.49. The summed E-state index contributed by atoms with van der Waals surface area (Å²) in [7, 11) is 0. The topological polar surface area (TPSA) is 61.8 Å². The van der Waals surface area contributed by atoms with Gasteiger partial charge in [-0.05, 0) is 89.9 Å². The van der Waals surface area contributed by atoms with Crippen molar-refractivity contribution in [3.8, 4) is 0 Å². The van der Waals surface area contributed by atoms with E-state index in [9.17, 15) is 9.59 Å². The molecule has 0 aromatic carbocycles. The van der Waals surface area contributed by atoms with Crippen LogP contribution in [0, 0.1) is 0 Å². The van der Waals surface area contributed by atoms with Crippen molar-refractivity contribution in [1.82, 2.24) is 0 Å². The Kier molecular flexibility index (Phi) is 50.9. The van der Waals surface area contributed by atoms with Gasteiger partial charge < -0.3 is 14.2 Å². The summed E-state index contributed by atoms with van der Waals surface area (Å²) < 4.78 is 17.4. The Hall–Kier alpha value is -2.40. The van der Waals surface area contributed by atoms with Crippen molar-refractivity contribution in [2.45, 2.75) is 271 Å². The molecule has 0 bridgehead atoms. The molecule has 0 aromatic rings. The third-order valence-corrected chi connectivity index (χ3v) is 11.5. The molecule has 1 atom stereocenters. The van der Waals surface area contributed by atoms with Crippen LogP contribution in [-0.2, 0) is 23.8 Å². The molecule has 0 aliphatic rings. The lowest BCUT2D eigenvalue weighted by atomic mass is 10.1. The van der Waals surface area contributed by atoms with Gasteiger partial charge in [-0.2, -0.15) is 0 Å². The number of esters is 2. The minimum absolute atomic E-state index is 0.0764. The molecule has 62 heavy (non-hydrogen) atoms. The van der Waals surface area contributed by atoms with E-state index in [0.29, 0.717) is 19.4 Å². The van der Waals surface area contributed by atoms with Crippen LogP contribution in [-0.4, -0.2) is 37.9 Å². The van der Waals surface area contributed by atoms with Crippen LogP contribution in [0.25, 0.3) is 0 Å². The maximum absolute atomic E-state index is 12.8. The van der Waals surface area contributed by atoms with Gasteiger partial charge in [0.1, 0.15) is 6.61 Å². The van der Waals surface area contributed by atoms with E-state index in [1.165, 1.54) is 154 Å². The van der Waals surface area contributed by atoms with Gasteiger partial charge in [-0.1, -0.05) is 223 Å². The quantitative estimate of drug-likeness (QED) is 0.0346. The van der Waals surface area contributed by atoms with Gasteiger partial charge in [-0.3, -0.25) is 9.59 Å². The van der Waals surface area contributed by atoms with Crippen LogP contribution < -0.4 is 0 Å². The average molecular weight is 867 g/mol. The van der Waals surface area contributed by atoms with Crippen LogP contribution >= 0.6 is 0 Å². The maximum Gasteiger partial charge on any atom is 0.306 e. The van der Waals surface area contributed by atoms with Crippen LogP contribution in [0.1, 0.15) is 265 Å². The highest BCUT2D eigenvalue weighted by Gasteiger charge is 2.17. The fourth-order valence-corrected chi connectivity index (χ4v) is 7.49. The molecule has 0 aromatic heterocycles. The van der Waals surface area contributed by atoms with Gasteiger partial charge in [0.05, 0.1) is 6.61 Å². The summed E-state index contributed by atoms with van der Waals surface area (Å²) in [5.41, 5.74) is 0. The van der Waals surface area contributed by atoms with E-state index in [1.54, 1.807) is 0 Å². The summed E-state index contributed by atoms with van der Waals surface area (Å²) in [6.07, 6.45) is 66.5. The van der Waals surface area contributed by atoms with Gasteiger partial charge in [0.25, 0.3) is 0 Å². The summed E-state index contributed by atoms with van der Waals surface area (Å²) in [6, 6.07) is 0. The first kappa shape index (κ1) is 59.6. The van der Waals surface area contributed by atoms with Crippen molar-refractivity contribution < 1.29 is 23.8 Å². The maximum atomic E-state index is 12.8. The molecule has 5 nitrogen and oxygen atoms in total. The second kappa shape index (κ2) is 52.9. The average Bonchev–Trinajstić information content (AvgIpc) is 3.27. The van der Waals surface area contributed by atoms with E-state index in [0.717, 1.165) is 77.0 Å². The standard InChI is InChI=1S/C57H102O5/c1-4-7-10-13-16-19-22-24-26-28-29-31-32-34-36-38-41-44-47-50-56(58)61-54-55(53-60-52-49-46-43-40-21-18-15-12-9-6-3)62-57(59)51-48-45-42-39-37-35-33-30-27-25-23-20-17-14-11-8-5-2/h16-17,19-20,24-27,29,31,55H,4-15,18,21-23,28,30,32-54H2,1-3H3/b19-16-,20-17-,26-24-,27-25-,31-29-. The number of hydrogen-bond donors (Lipinski definition) is 0. The van der Waals surface area contributed by atoms with Crippen molar-refractivity contribution >= 4 is 11.9 Å². The van der Waals surface area contributed by atoms with Crippen molar-refractivity contribution in [3.63, 3.8) is 0 Å². The fraction of sp³-hybridized carbons (Fsp3) is 0.789. The van der Waals surface area contributed by atoms with E-state index in [1.807, 2.05) is 0 Å². The molecule has 1 unspecified atom stereocenters. The lowest BCUT2D eigenvalue weighted by Gasteiger charge is -2.18. The molecule has 0 amide bonds. The molecular weight excluding hydrogens is 765 g/mol. The van der Waals surface area contributed by atoms with Crippen LogP contribution in [0.5, 0.6) is 0 Å². The zero-order valence-corrected chi connectivity index (χ0v) is 41.4. The number of carbonyl (C=O) groups is 2. The number of allylic oxidation sites excluding steroid dienone is 10. The summed E-state index contributed by atoms with van der Waals surface area (Å²) in [6.45, 7) is 7.77. The zero-order valence-electron chi connectivity index (χ0n) is 41.4. The highest BCUT2D eigenvalue weighted by molar-refractivity contribution is 5.70. The number of carbonyl (C=O) groups excluding carboxylic acids is 2. The van der Waals surface area contributed by atoms with E-state index >= 15 is 0 Å². The predicted octanol–water partition coefficient (Wildman–Crippen LogP) is 18.1. The molecule has 0 heterocycles. The Labute approximate surface area is 385 Å². The SMILES string of the molecule is CCCCC/C=C\C/C=C\C/C=C\CCCCCCCCC(=O)OCC(COCCCCCCCCCCCC)OC(=O)CCCCCCCCC/C=C\C/C=C\CCCCC. The molecule has 0 aliphatic heterocycles. The van der Waals surface area contributed by atoms with E-state index in [-0.39, 0.29) is 25.2 Å². The van der Waals surface area contributed by atoms with Crippen LogP contribution in [0.2, 0.25) is 0 Å². The molecule has 0 saturated carbocycles. The molecule has 0 rings (SSSR count). The molecule has 5 heteroatoms. The molecule has 0 radical (unpaired) electrons. The molecule has 0 saturated heterocycles. The molecular formula is C57H102O5. The van der Waals surface area contributed by atoms with Gasteiger partial charge in [0.15, 0.2) is 6.10 Å². The lowest BCUT2D eigenvalue weighted by molar-refractivity contribution is -0.163. The van der Waals surface area contributed by atoms with Gasteiger partial charge in [0, 0.05) is 19.4 Å². The Morgan fingerprint density at radius 3 is 1.11 bits per heavy atom. The summed E-state index contributed by atoms with van der Waals surface area (Å²) in [5.74, 6) is -0.413. The highest BCUT2D eigenvalue weighted by atomic mass is 16.6. The zero-order chi connectivity index (χ0) is 44.9. The third-order valence-electron chi connectivity index (χ3n) is 11.5. The number of ether oxygens (including phenoxy) is 3. The number of rotatable bonds is 49. The molecule has 0 fully saturated rings. The van der Waals surface area contributed by atoms with Gasteiger partial charge >= 0.3 is 11.9 Å². The van der Waals surface area contributed by atoms with Crippen LogP contribution in [0.4, 0.5) is 0 Å². The van der Waals surface area contributed by atoms with Crippen LogP contribution in [0.3, 0.4) is 0 Å². The smallest absolute Gasteiger partial charge is 0.306 e. The monoisotopic (exact) mass is 867 g/mol.